The molecule has 0 bridgehead atoms. The average Bonchev–Trinajstić information content (AvgIpc) is 3.95. The summed E-state index contributed by atoms with van der Waals surface area (Å²) in [5.41, 5.74) is 4.52. The lowest BCUT2D eigenvalue weighted by Crippen LogP contribution is -2.58. The molecule has 0 aromatic heterocycles. The molecule has 1 aliphatic carbocycles. The number of imide groups is 1. The summed E-state index contributed by atoms with van der Waals surface area (Å²) < 4.78 is 17.2. The van der Waals surface area contributed by atoms with Crippen molar-refractivity contribution in [1.82, 2.24) is 40.9 Å². The minimum Gasteiger partial charge on any atom is -0.444 e. The molecule has 2 aromatic carbocycles. The van der Waals surface area contributed by atoms with Crippen LogP contribution in [0.5, 0.6) is 0 Å². The van der Waals surface area contributed by atoms with Gasteiger partial charge >= 0.3 is 18.3 Å². The number of hydrogen-bond donors (Lipinski definition) is 6. The van der Waals surface area contributed by atoms with Crippen molar-refractivity contribution in [2.45, 2.75) is 121 Å². The summed E-state index contributed by atoms with van der Waals surface area (Å²) in [6.07, 6.45) is 0.737. The highest BCUT2D eigenvalue weighted by Gasteiger charge is 2.51. The zero-order chi connectivity index (χ0) is 56.7. The highest BCUT2D eigenvalue weighted by atomic mass is 16.7. The number of piperazine rings is 1. The number of carbonyl (C=O) groups excluding carboxylic acids is 10. The number of ether oxygens (including phenoxy) is 3. The fourth-order valence-corrected chi connectivity index (χ4v) is 9.34. The molecule has 4 aliphatic rings. The van der Waals surface area contributed by atoms with E-state index in [4.69, 9.17) is 19.9 Å². The van der Waals surface area contributed by atoms with Crippen LogP contribution >= 0.6 is 0 Å². The number of rotatable bonds is 22. The number of likely N-dealkylation sites (N-methyl/N-ethyl adjacent to an activating group) is 1. The Balaban J connectivity index is 1.11. The largest absolute Gasteiger partial charge is 0.509 e. The first-order chi connectivity index (χ1) is 37.1. The standard InChI is InChI=1S/C54H71N11O13/c1-34(36-14-12-35(32-55)13-15-36)59-46(69)41-31-39(33-65(41)51(74)78-53(2,3)4)76-52(75)77-44(47(70)63-29-27-62(5)28-30-63)37-16-18-38(19-17-37)60-45(68)40(11-9-25-58-50(56)73)61-49(72)54(22-10-23-54)48(71)57-24-7-6-8-26-64-42(66)20-21-43(64)67/h12-21,34,39-41,44H,6-11,22-31,33H2,1-5H3,(H,57,71)(H,59,69)(H,60,68)(H,61,72)(H3,56,58,73)/t34?,39-,40?,41+,44?/m1/s1. The molecule has 3 heterocycles. The third-order valence-corrected chi connectivity index (χ3v) is 14.0. The molecule has 0 radical (unpaired) electrons. The number of hydrogen-bond acceptors (Lipinski definition) is 15. The summed E-state index contributed by atoms with van der Waals surface area (Å²) in [7, 11) is 1.91. The fraction of sp³-hybridized carbons (Fsp3) is 0.537. The summed E-state index contributed by atoms with van der Waals surface area (Å²) in [6, 6.07) is 11.1. The highest BCUT2D eigenvalue weighted by Crippen LogP contribution is 2.42. The maximum absolute atomic E-state index is 14.2. The number of nitriles is 1. The number of anilines is 1. The molecule has 24 heteroatoms. The second-order valence-corrected chi connectivity index (χ2v) is 20.9. The van der Waals surface area contributed by atoms with Crippen molar-refractivity contribution in [2.75, 3.05) is 64.7 Å². The molecule has 78 heavy (non-hydrogen) atoms. The van der Waals surface area contributed by atoms with Crippen LogP contribution in [0.3, 0.4) is 0 Å². The van der Waals surface area contributed by atoms with Gasteiger partial charge in [0.15, 0.2) is 0 Å². The van der Waals surface area contributed by atoms with Gasteiger partial charge in [0.2, 0.25) is 29.7 Å². The fourth-order valence-electron chi connectivity index (χ4n) is 9.34. The number of nitrogens with one attached hydrogen (secondary N) is 5. The number of urea groups is 1. The van der Waals surface area contributed by atoms with Crippen LogP contribution in [0.1, 0.15) is 114 Å². The molecule has 3 unspecified atom stereocenters. The van der Waals surface area contributed by atoms with Gasteiger partial charge in [0, 0.05) is 75.6 Å². The van der Waals surface area contributed by atoms with Gasteiger partial charge in [-0.25, -0.2) is 14.4 Å². The van der Waals surface area contributed by atoms with Gasteiger partial charge in [0.05, 0.1) is 24.2 Å². The zero-order valence-electron chi connectivity index (χ0n) is 44.8. The van der Waals surface area contributed by atoms with Crippen molar-refractivity contribution in [3.8, 4) is 6.07 Å². The topological polar surface area (TPSA) is 321 Å². The number of nitrogens with zero attached hydrogens (tertiary/aromatic N) is 5. The van der Waals surface area contributed by atoms with E-state index >= 15 is 0 Å². The van der Waals surface area contributed by atoms with Crippen LogP contribution in [-0.4, -0.2) is 162 Å². The lowest BCUT2D eigenvalue weighted by atomic mass is 9.67. The first-order valence-electron chi connectivity index (χ1n) is 26.3. The number of nitrogens with two attached hydrogens (primary N) is 1. The monoisotopic (exact) mass is 1080 g/mol. The Morgan fingerprint density at radius 1 is 0.821 bits per heavy atom. The molecule has 3 aliphatic heterocycles. The van der Waals surface area contributed by atoms with Gasteiger partial charge in [-0.15, -0.1) is 0 Å². The normalized spacial score (nSPS) is 19.1. The van der Waals surface area contributed by atoms with E-state index in [1.807, 2.05) is 11.9 Å². The molecular formula is C54H71N11O13. The van der Waals surface area contributed by atoms with Gasteiger partial charge in [0.25, 0.3) is 17.7 Å². The molecule has 7 N–H and O–H groups in total. The van der Waals surface area contributed by atoms with E-state index in [1.54, 1.807) is 56.9 Å². The summed E-state index contributed by atoms with van der Waals surface area (Å²) in [5, 5.41) is 22.9. The summed E-state index contributed by atoms with van der Waals surface area (Å²) in [6.45, 7) is 8.91. The van der Waals surface area contributed by atoms with Crippen LogP contribution in [0.2, 0.25) is 0 Å². The second-order valence-electron chi connectivity index (χ2n) is 20.9. The molecule has 1 saturated carbocycles. The number of primary amides is 1. The molecule has 420 valence electrons. The molecule has 10 amide bonds. The quantitative estimate of drug-likeness (QED) is 0.0427. The molecule has 5 atom stereocenters. The number of likely N-dealkylation sites (tertiary alicyclic amines) is 1. The molecule has 0 spiro atoms. The Bertz CT molecular complexity index is 2600. The number of carbonyl (C=O) groups is 10. The number of amides is 10. The third kappa shape index (κ3) is 16.0. The van der Waals surface area contributed by atoms with Crippen molar-refractivity contribution in [2.24, 2.45) is 11.1 Å². The Morgan fingerprint density at radius 2 is 1.46 bits per heavy atom. The summed E-state index contributed by atoms with van der Waals surface area (Å²) in [4.78, 5) is 138. The Morgan fingerprint density at radius 3 is 2.06 bits per heavy atom. The van der Waals surface area contributed by atoms with Crippen LogP contribution in [0.15, 0.2) is 60.7 Å². The number of benzene rings is 2. The van der Waals surface area contributed by atoms with E-state index < -0.39 is 89.2 Å². The van der Waals surface area contributed by atoms with Crippen molar-refractivity contribution in [3.63, 3.8) is 0 Å². The van der Waals surface area contributed by atoms with Gasteiger partial charge in [-0.05, 0) is 110 Å². The second kappa shape index (κ2) is 26.8. The lowest BCUT2D eigenvalue weighted by Gasteiger charge is -2.39. The van der Waals surface area contributed by atoms with Gasteiger partial charge < -0.3 is 56.3 Å². The van der Waals surface area contributed by atoms with E-state index in [9.17, 15) is 53.2 Å². The average molecular weight is 1080 g/mol. The zero-order valence-corrected chi connectivity index (χ0v) is 44.8. The van der Waals surface area contributed by atoms with E-state index in [1.165, 1.54) is 41.3 Å². The van der Waals surface area contributed by atoms with Gasteiger partial charge in [-0.3, -0.25) is 43.4 Å². The number of unbranched alkanes of at least 4 members (excludes halogenated alkanes) is 2. The summed E-state index contributed by atoms with van der Waals surface area (Å²) in [5.74, 6) is -3.58. The molecule has 6 rings (SSSR count). The van der Waals surface area contributed by atoms with Crippen LogP contribution in [0.4, 0.5) is 20.1 Å². The van der Waals surface area contributed by atoms with Gasteiger partial charge in [-0.1, -0.05) is 30.7 Å². The Labute approximate surface area is 453 Å². The third-order valence-electron chi connectivity index (χ3n) is 14.0. The van der Waals surface area contributed by atoms with Crippen LogP contribution in [0.25, 0.3) is 0 Å². The molecule has 3 fully saturated rings. The van der Waals surface area contributed by atoms with E-state index in [0.29, 0.717) is 63.0 Å². The van der Waals surface area contributed by atoms with Crippen molar-refractivity contribution < 1.29 is 62.2 Å². The molecule has 2 aromatic rings. The Hall–Kier alpha value is -8.07. The first kappa shape index (κ1) is 59.2. The van der Waals surface area contributed by atoms with Gasteiger partial charge in [0.1, 0.15) is 29.2 Å². The smallest absolute Gasteiger partial charge is 0.444 e. The maximum atomic E-state index is 14.2. The maximum Gasteiger partial charge on any atom is 0.509 e. The highest BCUT2D eigenvalue weighted by molar-refractivity contribution is 6.13. The molecular weight excluding hydrogens is 1010 g/mol. The minimum absolute atomic E-state index is 0.0440. The lowest BCUT2D eigenvalue weighted by molar-refractivity contribution is -0.151. The van der Waals surface area contributed by atoms with E-state index in [0.717, 1.165) is 4.90 Å². The SMILES string of the molecule is CC(NC(=O)[C@@H]1C[C@@H](OC(=O)OC(C(=O)N2CCN(C)CC2)c2ccc(NC(=O)C(CCCNC(N)=O)NC(=O)C3(C(=O)NCCCCCN4C(=O)C=CC4=O)CCC3)cc2)CN1C(=O)OC(C)(C)C)c1ccc(C#N)cc1. The van der Waals surface area contributed by atoms with Crippen molar-refractivity contribution in [1.29, 1.82) is 5.26 Å². The van der Waals surface area contributed by atoms with E-state index in [2.05, 4.69) is 32.7 Å². The van der Waals surface area contributed by atoms with Crippen LogP contribution in [-0.2, 0) is 47.8 Å². The van der Waals surface area contributed by atoms with Crippen LogP contribution < -0.4 is 32.3 Å². The predicted molar refractivity (Wildman–Crippen MR) is 280 cm³/mol. The molecule has 2 saturated heterocycles. The molecule has 24 nitrogen and oxygen atoms in total. The first-order valence-corrected chi connectivity index (χ1v) is 26.3. The minimum atomic E-state index is -1.53. The van der Waals surface area contributed by atoms with Crippen molar-refractivity contribution in [3.05, 3.63) is 77.4 Å². The van der Waals surface area contributed by atoms with Crippen molar-refractivity contribution >= 4 is 65.3 Å². The summed E-state index contributed by atoms with van der Waals surface area (Å²) >= 11 is 0. The van der Waals surface area contributed by atoms with E-state index in [-0.39, 0.29) is 81.3 Å². The predicted octanol–water partition coefficient (Wildman–Crippen LogP) is 3.04. The van der Waals surface area contributed by atoms with Gasteiger partial charge in [-0.2, -0.15) is 5.26 Å². The van der Waals surface area contributed by atoms with Crippen LogP contribution in [0, 0.1) is 16.7 Å². The Kier molecular flexibility index (Phi) is 20.3.